The van der Waals surface area contributed by atoms with Crippen molar-refractivity contribution in [3.05, 3.63) is 61.1 Å². The molecule has 0 fully saturated rings. The fourth-order valence-electron chi connectivity index (χ4n) is 2.02. The summed E-state index contributed by atoms with van der Waals surface area (Å²) in [4.78, 5) is 36.2. The molecule has 0 spiro atoms. The molecular formula is C15H12BrFN4O3. The number of nitriles is 1. The first-order valence-electron chi connectivity index (χ1n) is 6.86. The van der Waals surface area contributed by atoms with Crippen LogP contribution in [0.25, 0.3) is 0 Å². The highest BCUT2D eigenvalue weighted by molar-refractivity contribution is 9.10. The van der Waals surface area contributed by atoms with Crippen LogP contribution in [0.2, 0.25) is 0 Å². The van der Waals surface area contributed by atoms with Gasteiger partial charge in [0.15, 0.2) is 0 Å². The average molecular weight is 395 g/mol. The summed E-state index contributed by atoms with van der Waals surface area (Å²) in [7, 11) is 0. The van der Waals surface area contributed by atoms with Gasteiger partial charge in [-0.15, -0.1) is 0 Å². The van der Waals surface area contributed by atoms with E-state index in [2.05, 4.69) is 21.2 Å². The molecule has 0 aliphatic carbocycles. The number of hydrogen-bond donors (Lipinski definition) is 1. The fraction of sp³-hybridized carbons (Fsp3) is 0.200. The lowest BCUT2D eigenvalue weighted by Crippen LogP contribution is -2.43. The molecule has 0 bridgehead atoms. The Labute approximate surface area is 144 Å². The Morgan fingerprint density at radius 1 is 1.42 bits per heavy atom. The van der Waals surface area contributed by atoms with E-state index in [1.165, 1.54) is 18.2 Å². The average Bonchev–Trinajstić information content (AvgIpc) is 2.54. The summed E-state index contributed by atoms with van der Waals surface area (Å²) >= 11 is 3.09. The van der Waals surface area contributed by atoms with Crippen LogP contribution in [-0.2, 0) is 17.9 Å². The second-order valence-corrected chi connectivity index (χ2v) is 5.70. The number of nitrogens with one attached hydrogen (secondary N) is 1. The molecule has 1 aromatic heterocycles. The van der Waals surface area contributed by atoms with E-state index in [1.54, 1.807) is 13.0 Å². The van der Waals surface area contributed by atoms with E-state index in [4.69, 9.17) is 5.26 Å². The molecule has 0 aliphatic heterocycles. The predicted molar refractivity (Wildman–Crippen MR) is 88.1 cm³/mol. The molecular weight excluding hydrogens is 383 g/mol. The first-order chi connectivity index (χ1) is 11.4. The third-order valence-corrected chi connectivity index (χ3v) is 3.70. The molecule has 2 rings (SSSR count). The van der Waals surface area contributed by atoms with Crippen LogP contribution in [-0.4, -0.2) is 15.0 Å². The minimum absolute atomic E-state index is 0.0801. The number of benzene rings is 1. The molecule has 1 amide bonds. The van der Waals surface area contributed by atoms with Gasteiger partial charge in [-0.05, 0) is 25.1 Å². The number of anilines is 1. The summed E-state index contributed by atoms with van der Waals surface area (Å²) < 4.78 is 16.0. The van der Waals surface area contributed by atoms with Crippen LogP contribution in [0, 0.1) is 17.1 Å². The number of carbonyl (C=O) groups excluding carboxylic acids is 1. The van der Waals surface area contributed by atoms with E-state index < -0.39 is 29.5 Å². The van der Waals surface area contributed by atoms with Gasteiger partial charge in [-0.3, -0.25) is 14.2 Å². The normalized spacial score (nSPS) is 10.2. The number of amides is 1. The summed E-state index contributed by atoms with van der Waals surface area (Å²) in [6.45, 7) is 1.27. The monoisotopic (exact) mass is 394 g/mol. The van der Waals surface area contributed by atoms with Crippen LogP contribution in [0.3, 0.4) is 0 Å². The number of hydrogen-bond acceptors (Lipinski definition) is 4. The predicted octanol–water partition coefficient (Wildman–Crippen LogP) is 1.44. The Kier molecular flexibility index (Phi) is 5.31. The third-order valence-electron chi connectivity index (χ3n) is 3.21. The lowest BCUT2D eigenvalue weighted by Gasteiger charge is -2.10. The van der Waals surface area contributed by atoms with E-state index in [0.717, 1.165) is 10.8 Å². The molecule has 0 radical (unpaired) electrons. The Morgan fingerprint density at radius 2 is 2.12 bits per heavy atom. The largest absolute Gasteiger partial charge is 0.331 e. The Bertz CT molecular complexity index is 959. The molecule has 1 aromatic carbocycles. The maximum atomic E-state index is 13.7. The summed E-state index contributed by atoms with van der Waals surface area (Å²) in [6, 6.07) is 5.73. The van der Waals surface area contributed by atoms with Crippen LogP contribution in [0.5, 0.6) is 0 Å². The quantitative estimate of drug-likeness (QED) is 0.848. The number of halogens is 2. The number of aryl methyl sites for hydroxylation is 1. The van der Waals surface area contributed by atoms with Crippen molar-refractivity contribution in [3.63, 3.8) is 0 Å². The maximum absolute atomic E-state index is 13.7. The fourth-order valence-corrected chi connectivity index (χ4v) is 2.35. The van der Waals surface area contributed by atoms with Gasteiger partial charge in [-0.25, -0.2) is 13.8 Å². The highest BCUT2D eigenvalue weighted by Gasteiger charge is 2.15. The van der Waals surface area contributed by atoms with Gasteiger partial charge in [0.25, 0.3) is 5.56 Å². The van der Waals surface area contributed by atoms with Gasteiger partial charge in [0.2, 0.25) is 5.91 Å². The number of nitrogens with zero attached hydrogens (tertiary/aromatic N) is 3. The SMILES string of the molecule is CCn1cc(C#N)c(=O)n(CC(=O)Nc2ccc(Br)cc2F)c1=O. The van der Waals surface area contributed by atoms with Crippen LogP contribution in [0.1, 0.15) is 12.5 Å². The van der Waals surface area contributed by atoms with Gasteiger partial charge in [0.05, 0.1) is 5.69 Å². The smallest absolute Gasteiger partial charge is 0.322 e. The Hall–Kier alpha value is -2.73. The molecule has 1 N–H and O–H groups in total. The zero-order chi connectivity index (χ0) is 17.9. The van der Waals surface area contributed by atoms with Crippen molar-refractivity contribution in [1.29, 1.82) is 5.26 Å². The zero-order valence-electron chi connectivity index (χ0n) is 12.5. The van der Waals surface area contributed by atoms with Crippen molar-refractivity contribution < 1.29 is 9.18 Å². The zero-order valence-corrected chi connectivity index (χ0v) is 14.1. The van der Waals surface area contributed by atoms with Gasteiger partial charge in [-0.2, -0.15) is 5.26 Å². The Balaban J connectivity index is 2.34. The number of rotatable bonds is 4. The molecule has 1 heterocycles. The minimum Gasteiger partial charge on any atom is -0.322 e. The van der Waals surface area contributed by atoms with Crippen LogP contribution in [0.4, 0.5) is 10.1 Å². The molecule has 0 aliphatic rings. The van der Waals surface area contributed by atoms with Crippen molar-refractivity contribution in [1.82, 2.24) is 9.13 Å². The summed E-state index contributed by atoms with van der Waals surface area (Å²) in [5.74, 6) is -1.42. The van der Waals surface area contributed by atoms with Gasteiger partial charge in [-0.1, -0.05) is 15.9 Å². The van der Waals surface area contributed by atoms with Crippen LogP contribution >= 0.6 is 15.9 Å². The highest BCUT2D eigenvalue weighted by atomic mass is 79.9. The van der Waals surface area contributed by atoms with Gasteiger partial charge < -0.3 is 5.32 Å². The first kappa shape index (κ1) is 17.6. The number of aromatic nitrogens is 2. The lowest BCUT2D eigenvalue weighted by molar-refractivity contribution is -0.116. The lowest BCUT2D eigenvalue weighted by atomic mass is 10.3. The second-order valence-electron chi connectivity index (χ2n) is 4.79. The topological polar surface area (TPSA) is 96.9 Å². The van der Waals surface area contributed by atoms with E-state index in [9.17, 15) is 18.8 Å². The molecule has 0 unspecified atom stereocenters. The molecule has 0 saturated heterocycles. The second kappa shape index (κ2) is 7.23. The standard InChI is InChI=1S/C15H12BrFN4O3/c1-2-20-7-9(6-18)14(23)21(15(20)24)8-13(22)19-12-4-3-10(16)5-11(12)17/h3-5,7H,2,8H2,1H3,(H,19,22). The molecule has 7 nitrogen and oxygen atoms in total. The van der Waals surface area contributed by atoms with Crippen molar-refractivity contribution in [2.45, 2.75) is 20.0 Å². The molecule has 9 heteroatoms. The molecule has 124 valence electrons. The Morgan fingerprint density at radius 3 is 2.71 bits per heavy atom. The molecule has 2 aromatic rings. The summed E-state index contributed by atoms with van der Waals surface area (Å²) in [6.07, 6.45) is 1.15. The van der Waals surface area contributed by atoms with Gasteiger partial charge >= 0.3 is 5.69 Å². The first-order valence-corrected chi connectivity index (χ1v) is 7.66. The molecule has 0 atom stereocenters. The van der Waals surface area contributed by atoms with E-state index >= 15 is 0 Å². The van der Waals surface area contributed by atoms with E-state index in [0.29, 0.717) is 9.04 Å². The highest BCUT2D eigenvalue weighted by Crippen LogP contribution is 2.19. The van der Waals surface area contributed by atoms with Gasteiger partial charge in [0.1, 0.15) is 24.0 Å². The van der Waals surface area contributed by atoms with E-state index in [-0.39, 0.29) is 17.8 Å². The molecule has 0 saturated carbocycles. The van der Waals surface area contributed by atoms with Crippen molar-refractivity contribution in [2.75, 3.05) is 5.32 Å². The minimum atomic E-state index is -0.862. The molecule has 24 heavy (non-hydrogen) atoms. The van der Waals surface area contributed by atoms with Crippen molar-refractivity contribution in [2.24, 2.45) is 0 Å². The summed E-state index contributed by atoms with van der Waals surface area (Å²) in [5, 5.41) is 11.2. The van der Waals surface area contributed by atoms with Crippen molar-refractivity contribution in [3.8, 4) is 6.07 Å². The van der Waals surface area contributed by atoms with Crippen molar-refractivity contribution >= 4 is 27.5 Å². The maximum Gasteiger partial charge on any atom is 0.331 e. The number of carbonyl (C=O) groups is 1. The van der Waals surface area contributed by atoms with E-state index in [1.807, 2.05) is 0 Å². The van der Waals surface area contributed by atoms with Crippen LogP contribution < -0.4 is 16.6 Å². The van der Waals surface area contributed by atoms with Crippen LogP contribution in [0.15, 0.2) is 38.5 Å². The van der Waals surface area contributed by atoms with Gasteiger partial charge in [0, 0.05) is 17.2 Å². The summed E-state index contributed by atoms with van der Waals surface area (Å²) in [5.41, 5.74) is -1.91. The third kappa shape index (κ3) is 3.60.